The smallest absolute Gasteiger partial charge is 0.239 e. The van der Waals surface area contributed by atoms with Crippen molar-refractivity contribution in [1.82, 2.24) is 15.6 Å². The van der Waals surface area contributed by atoms with Crippen LogP contribution in [-0.4, -0.2) is 72.1 Å². The molecule has 0 bridgehead atoms. The number of allylic oxidation sites excluding steroid dienone is 4. The Bertz CT molecular complexity index is 1340. The lowest BCUT2D eigenvalue weighted by molar-refractivity contribution is -0.135. The molecular formula is C31H39Cl2FN4O5. The highest BCUT2D eigenvalue weighted by molar-refractivity contribution is 6.30. The first-order valence-corrected chi connectivity index (χ1v) is 15.3. The van der Waals surface area contributed by atoms with E-state index in [0.717, 1.165) is 12.8 Å². The minimum absolute atomic E-state index is 0.00972. The number of nitrogens with one attached hydrogen (secondary N) is 3. The number of anilines is 1. The monoisotopic (exact) mass is 636 g/mol. The number of halogens is 3. The first-order chi connectivity index (χ1) is 20.4. The lowest BCUT2D eigenvalue weighted by Gasteiger charge is -2.50. The van der Waals surface area contributed by atoms with Crippen molar-refractivity contribution in [3.8, 4) is 0 Å². The van der Waals surface area contributed by atoms with Crippen LogP contribution in [0.15, 0.2) is 47.8 Å². The van der Waals surface area contributed by atoms with Crippen LogP contribution in [0.5, 0.6) is 0 Å². The SMILES string of the molecule is C=C(Cl)/C=C\C=C(/F)[C@H]1[C@H](C(=O)N[C@H]2CO[C@H](CO)[C@H](OC)C2)NC2(CCC(C)(C)CC2)[C@@]12C(=O)Nc1nc(Cl)ccc12. The quantitative estimate of drug-likeness (QED) is 0.260. The van der Waals surface area contributed by atoms with Crippen molar-refractivity contribution >= 4 is 40.8 Å². The molecule has 3 aliphatic heterocycles. The molecule has 9 nitrogen and oxygen atoms in total. The van der Waals surface area contributed by atoms with E-state index < -0.39 is 58.8 Å². The Morgan fingerprint density at radius 1 is 1.33 bits per heavy atom. The highest BCUT2D eigenvalue weighted by Gasteiger charge is 2.73. The summed E-state index contributed by atoms with van der Waals surface area (Å²) in [7, 11) is 1.52. The van der Waals surface area contributed by atoms with Crippen LogP contribution < -0.4 is 16.0 Å². The van der Waals surface area contributed by atoms with Gasteiger partial charge in [0.25, 0.3) is 0 Å². The lowest BCUT2D eigenvalue weighted by Crippen LogP contribution is -2.62. The summed E-state index contributed by atoms with van der Waals surface area (Å²) in [5, 5.41) is 19.5. The zero-order valence-corrected chi connectivity index (χ0v) is 26.1. The van der Waals surface area contributed by atoms with Crippen LogP contribution in [0.4, 0.5) is 10.2 Å². The van der Waals surface area contributed by atoms with Crippen LogP contribution >= 0.6 is 23.2 Å². The highest BCUT2D eigenvalue weighted by Crippen LogP contribution is 2.62. The molecule has 6 atom stereocenters. The molecule has 1 aromatic rings. The Kier molecular flexibility index (Phi) is 9.11. The third-order valence-corrected chi connectivity index (χ3v) is 10.0. The molecular weight excluding hydrogens is 598 g/mol. The van der Waals surface area contributed by atoms with Gasteiger partial charge in [-0.05, 0) is 55.7 Å². The standard InChI is InChI=1S/C31H39Cl2FN4O5/c1-17(32)6-5-7-20(34)24-25(27(40)35-18-14-21(42-4)22(15-39)43-16-18)38-30(12-10-29(2,3)11-13-30)31(24)19-8-9-23(33)36-26(19)37-28(31)41/h5-9,18,21-22,24-25,38-39H,1,10-16H2,2-4H3,(H,35,40)(H,36,37,41)/b6-5-,20-7-/t18-,21-,22-,24+,25-,31-/m1/s1. The van der Waals surface area contributed by atoms with Crippen molar-refractivity contribution in [2.75, 3.05) is 25.6 Å². The number of amides is 2. The van der Waals surface area contributed by atoms with Gasteiger partial charge in [-0.2, -0.15) is 0 Å². The predicted octanol–water partition coefficient (Wildman–Crippen LogP) is 4.30. The van der Waals surface area contributed by atoms with E-state index in [0.29, 0.717) is 24.8 Å². The Balaban J connectivity index is 1.61. The maximum absolute atomic E-state index is 16.7. The van der Waals surface area contributed by atoms with Gasteiger partial charge in [0.05, 0.1) is 37.3 Å². The number of rotatable bonds is 7. The Hall–Kier alpha value is -2.34. The fourth-order valence-corrected chi connectivity index (χ4v) is 7.70. The van der Waals surface area contributed by atoms with Gasteiger partial charge in [0.1, 0.15) is 28.3 Å². The molecule has 1 saturated carbocycles. The molecule has 0 aromatic carbocycles. The summed E-state index contributed by atoms with van der Waals surface area (Å²) in [6, 6.07) is 1.75. The van der Waals surface area contributed by atoms with E-state index in [-0.39, 0.29) is 34.6 Å². The first kappa shape index (κ1) is 32.1. The number of methoxy groups -OCH3 is 1. The summed E-state index contributed by atoms with van der Waals surface area (Å²) < 4.78 is 27.9. The van der Waals surface area contributed by atoms with Crippen molar-refractivity contribution in [2.24, 2.45) is 11.3 Å². The third kappa shape index (κ3) is 5.66. The van der Waals surface area contributed by atoms with Crippen LogP contribution in [0.1, 0.15) is 51.5 Å². The number of hydrogen-bond acceptors (Lipinski definition) is 7. The number of carbonyl (C=O) groups is 2. The molecule has 4 N–H and O–H groups in total. The molecule has 1 aromatic heterocycles. The van der Waals surface area contributed by atoms with Crippen LogP contribution in [0.25, 0.3) is 0 Å². The Labute approximate surface area is 261 Å². The van der Waals surface area contributed by atoms with Gasteiger partial charge in [-0.15, -0.1) is 0 Å². The predicted molar refractivity (Wildman–Crippen MR) is 162 cm³/mol. The average Bonchev–Trinajstić information content (AvgIpc) is 3.42. The van der Waals surface area contributed by atoms with Gasteiger partial charge in [0, 0.05) is 23.2 Å². The fraction of sp³-hybridized carbons (Fsp3) is 0.581. The minimum atomic E-state index is -1.50. The molecule has 12 heteroatoms. The van der Waals surface area contributed by atoms with Crippen molar-refractivity contribution < 1.29 is 28.6 Å². The van der Waals surface area contributed by atoms with Crippen LogP contribution in [0, 0.1) is 11.3 Å². The summed E-state index contributed by atoms with van der Waals surface area (Å²) in [6.07, 6.45) is 6.16. The molecule has 234 valence electrons. The molecule has 1 aliphatic carbocycles. The maximum atomic E-state index is 16.7. The normalized spacial score (nSPS) is 33.1. The van der Waals surface area contributed by atoms with Gasteiger partial charge >= 0.3 is 0 Å². The second-order valence-electron chi connectivity index (χ2n) is 12.8. The molecule has 0 radical (unpaired) electrons. The Morgan fingerprint density at radius 2 is 2.05 bits per heavy atom. The van der Waals surface area contributed by atoms with Gasteiger partial charge < -0.3 is 25.2 Å². The fourth-order valence-electron chi connectivity index (χ4n) is 7.48. The Morgan fingerprint density at radius 3 is 2.70 bits per heavy atom. The lowest BCUT2D eigenvalue weighted by atomic mass is 9.54. The van der Waals surface area contributed by atoms with Gasteiger partial charge in [-0.25, -0.2) is 9.37 Å². The number of ether oxygens (including phenoxy) is 2. The summed E-state index contributed by atoms with van der Waals surface area (Å²) in [5.41, 5.74) is -1.93. The summed E-state index contributed by atoms with van der Waals surface area (Å²) in [6.45, 7) is 7.90. The topological polar surface area (TPSA) is 122 Å². The molecule has 2 spiro atoms. The van der Waals surface area contributed by atoms with Gasteiger partial charge in [0.2, 0.25) is 11.8 Å². The summed E-state index contributed by atoms with van der Waals surface area (Å²) >= 11 is 12.1. The molecule has 2 saturated heterocycles. The molecule has 4 heterocycles. The molecule has 2 amide bonds. The average molecular weight is 638 g/mol. The van der Waals surface area contributed by atoms with Gasteiger partial charge in [-0.3, -0.25) is 14.9 Å². The highest BCUT2D eigenvalue weighted by atomic mass is 35.5. The van der Waals surface area contributed by atoms with Gasteiger partial charge in [-0.1, -0.05) is 55.8 Å². The van der Waals surface area contributed by atoms with Crippen molar-refractivity contribution in [3.63, 3.8) is 0 Å². The van der Waals surface area contributed by atoms with Crippen molar-refractivity contribution in [1.29, 1.82) is 0 Å². The molecule has 4 aliphatic rings. The van der Waals surface area contributed by atoms with E-state index in [1.165, 1.54) is 25.3 Å². The van der Waals surface area contributed by atoms with E-state index in [4.69, 9.17) is 32.7 Å². The molecule has 0 unspecified atom stereocenters. The van der Waals surface area contributed by atoms with Crippen LogP contribution in [-0.2, 0) is 24.5 Å². The molecule has 3 fully saturated rings. The van der Waals surface area contributed by atoms with Crippen LogP contribution in [0.2, 0.25) is 5.15 Å². The van der Waals surface area contributed by atoms with E-state index in [1.807, 2.05) is 0 Å². The number of fused-ring (bicyclic) bond motifs is 3. The number of aromatic nitrogens is 1. The molecule has 43 heavy (non-hydrogen) atoms. The van der Waals surface area contributed by atoms with E-state index in [2.05, 4.69) is 41.4 Å². The zero-order valence-electron chi connectivity index (χ0n) is 24.6. The van der Waals surface area contributed by atoms with E-state index >= 15 is 4.39 Å². The third-order valence-electron chi connectivity index (χ3n) is 9.70. The first-order valence-electron chi connectivity index (χ1n) is 14.6. The number of aliphatic hydroxyl groups excluding tert-OH is 1. The number of nitrogens with zero attached hydrogens (tertiary/aromatic N) is 1. The second-order valence-corrected chi connectivity index (χ2v) is 13.6. The van der Waals surface area contributed by atoms with E-state index in [9.17, 15) is 14.7 Å². The number of pyridine rings is 1. The maximum Gasteiger partial charge on any atom is 0.239 e. The zero-order chi connectivity index (χ0) is 31.2. The number of carbonyl (C=O) groups excluding carboxylic acids is 2. The number of hydrogen-bond donors (Lipinski definition) is 4. The van der Waals surface area contributed by atoms with E-state index in [1.54, 1.807) is 12.1 Å². The second kappa shape index (κ2) is 12.2. The number of aliphatic hydroxyl groups is 1. The van der Waals surface area contributed by atoms with Gasteiger partial charge in [0.15, 0.2) is 0 Å². The minimum Gasteiger partial charge on any atom is -0.394 e. The molecule has 5 rings (SSSR count). The summed E-state index contributed by atoms with van der Waals surface area (Å²) in [4.78, 5) is 32.9. The van der Waals surface area contributed by atoms with Crippen molar-refractivity contribution in [3.05, 3.63) is 58.5 Å². The summed E-state index contributed by atoms with van der Waals surface area (Å²) in [5.74, 6) is -2.50. The van der Waals surface area contributed by atoms with Crippen LogP contribution in [0.3, 0.4) is 0 Å². The largest absolute Gasteiger partial charge is 0.394 e. The van der Waals surface area contributed by atoms with Crippen molar-refractivity contribution in [2.45, 2.75) is 81.2 Å².